The molecule has 2 aliphatic rings. The third kappa shape index (κ3) is 9.07. The Morgan fingerprint density at radius 1 is 1.04 bits per heavy atom. The second kappa shape index (κ2) is 12.1. The maximum absolute atomic E-state index is 9.93. The molecule has 2 aliphatic heterocycles. The van der Waals surface area contributed by atoms with Crippen molar-refractivity contribution in [2.75, 3.05) is 40.3 Å². The minimum atomic E-state index is 0.293. The van der Waals surface area contributed by atoms with Crippen LogP contribution in [0.5, 0.6) is 0 Å². The van der Waals surface area contributed by atoms with E-state index in [9.17, 15) is 9.59 Å². The van der Waals surface area contributed by atoms with Crippen LogP contribution < -0.4 is 0 Å². The molecule has 1 unspecified atom stereocenters. The molecule has 0 aliphatic carbocycles. The Morgan fingerprint density at radius 2 is 1.57 bits per heavy atom. The summed E-state index contributed by atoms with van der Waals surface area (Å²) in [5, 5.41) is 0.828. The molecule has 158 valence electrons. The average molecular weight is 410 g/mol. The van der Waals surface area contributed by atoms with Crippen molar-refractivity contribution in [3.63, 3.8) is 0 Å². The highest BCUT2D eigenvalue weighted by molar-refractivity contribution is 6.30. The Morgan fingerprint density at radius 3 is 1.93 bits per heavy atom. The van der Waals surface area contributed by atoms with E-state index in [1.165, 1.54) is 42.8 Å². The lowest BCUT2D eigenvalue weighted by molar-refractivity contribution is -0.117. The number of carbonyl (C=O) groups is 2. The monoisotopic (exact) mass is 409 g/mol. The van der Waals surface area contributed by atoms with E-state index in [2.05, 4.69) is 37.8 Å². The second-order valence-electron chi connectivity index (χ2n) is 8.57. The van der Waals surface area contributed by atoms with Crippen LogP contribution in [0.3, 0.4) is 0 Å². The van der Waals surface area contributed by atoms with E-state index in [0.29, 0.717) is 11.5 Å². The fourth-order valence-electron chi connectivity index (χ4n) is 3.22. The molecular weight excluding hydrogens is 374 g/mol. The Bertz CT molecular complexity index is 578. The van der Waals surface area contributed by atoms with Crippen molar-refractivity contribution in [1.82, 2.24) is 14.7 Å². The van der Waals surface area contributed by atoms with E-state index in [-0.39, 0.29) is 0 Å². The largest absolute Gasteiger partial charge is 0.351 e. The molecule has 0 spiro atoms. The van der Waals surface area contributed by atoms with Gasteiger partial charge in [0.15, 0.2) is 0 Å². The van der Waals surface area contributed by atoms with Crippen LogP contribution in [0.25, 0.3) is 0 Å². The standard InChI is InChI=1S/C14H20ClN.C5H9NO.C3H7NO/c1-14(2,3)16-9-8-12(10-16)11-4-6-13(15)7-5-11;7-5-6-3-1-2-4-6;1-4(2)3-5/h4-7,12H,8-10H2,1-3H3;5H,1-4H2;3H,1-2H3. The van der Waals surface area contributed by atoms with E-state index in [1.54, 1.807) is 19.0 Å². The van der Waals surface area contributed by atoms with E-state index < -0.39 is 0 Å². The van der Waals surface area contributed by atoms with E-state index in [4.69, 9.17) is 11.6 Å². The summed E-state index contributed by atoms with van der Waals surface area (Å²) in [6, 6.07) is 8.32. The van der Waals surface area contributed by atoms with E-state index >= 15 is 0 Å². The van der Waals surface area contributed by atoms with Gasteiger partial charge < -0.3 is 9.80 Å². The van der Waals surface area contributed by atoms with Gasteiger partial charge >= 0.3 is 0 Å². The van der Waals surface area contributed by atoms with Crippen molar-refractivity contribution in [2.24, 2.45) is 0 Å². The molecule has 0 radical (unpaired) electrons. The highest BCUT2D eigenvalue weighted by Crippen LogP contribution is 2.31. The van der Waals surface area contributed by atoms with Crippen LogP contribution in [0.1, 0.15) is 51.5 Å². The predicted octanol–water partition coefficient (Wildman–Crippen LogP) is 3.87. The van der Waals surface area contributed by atoms with Gasteiger partial charge in [-0.2, -0.15) is 0 Å². The van der Waals surface area contributed by atoms with Gasteiger partial charge in [0.2, 0.25) is 12.8 Å². The van der Waals surface area contributed by atoms with Crippen LogP contribution >= 0.6 is 11.6 Å². The number of nitrogens with zero attached hydrogens (tertiary/aromatic N) is 3. The summed E-state index contributed by atoms with van der Waals surface area (Å²) in [5.74, 6) is 0.677. The van der Waals surface area contributed by atoms with Crippen LogP contribution in [0.4, 0.5) is 0 Å². The molecule has 0 aromatic heterocycles. The van der Waals surface area contributed by atoms with Crippen molar-refractivity contribution in [3.05, 3.63) is 34.9 Å². The van der Waals surface area contributed by atoms with Crippen LogP contribution in [0.2, 0.25) is 5.02 Å². The van der Waals surface area contributed by atoms with Crippen LogP contribution in [0.15, 0.2) is 24.3 Å². The summed E-state index contributed by atoms with van der Waals surface area (Å²) in [6.07, 6.45) is 5.32. The van der Waals surface area contributed by atoms with Gasteiger partial charge in [-0.3, -0.25) is 14.5 Å². The van der Waals surface area contributed by atoms with Crippen LogP contribution in [0, 0.1) is 0 Å². The average Bonchev–Trinajstić information content (AvgIpc) is 3.35. The minimum Gasteiger partial charge on any atom is -0.351 e. The van der Waals surface area contributed by atoms with E-state index in [0.717, 1.165) is 30.9 Å². The fourth-order valence-corrected chi connectivity index (χ4v) is 3.35. The highest BCUT2D eigenvalue weighted by Gasteiger charge is 2.30. The van der Waals surface area contributed by atoms with Crippen molar-refractivity contribution >= 4 is 24.4 Å². The third-order valence-corrected chi connectivity index (χ3v) is 5.23. The first-order valence-corrected chi connectivity index (χ1v) is 10.4. The van der Waals surface area contributed by atoms with Gasteiger partial charge in [0.25, 0.3) is 0 Å². The molecule has 2 amide bonds. The first-order valence-electron chi connectivity index (χ1n) is 9.99. The van der Waals surface area contributed by atoms with Crippen molar-refractivity contribution in [2.45, 2.75) is 51.5 Å². The summed E-state index contributed by atoms with van der Waals surface area (Å²) in [6.45, 7) is 11.2. The summed E-state index contributed by atoms with van der Waals surface area (Å²) in [5.41, 5.74) is 1.72. The van der Waals surface area contributed by atoms with E-state index in [1.807, 2.05) is 12.1 Å². The second-order valence-corrected chi connectivity index (χ2v) is 9.01. The Balaban J connectivity index is 0.000000269. The fraction of sp³-hybridized carbons (Fsp3) is 0.636. The number of likely N-dealkylation sites (tertiary alicyclic amines) is 2. The Kier molecular flexibility index (Phi) is 10.5. The van der Waals surface area contributed by atoms with Gasteiger partial charge in [0, 0.05) is 44.3 Å². The third-order valence-electron chi connectivity index (χ3n) is 4.98. The summed E-state index contributed by atoms with van der Waals surface area (Å²) in [4.78, 5) is 25.2. The Labute approximate surface area is 175 Å². The summed E-state index contributed by atoms with van der Waals surface area (Å²) >= 11 is 5.91. The SMILES string of the molecule is CC(C)(C)N1CCC(c2ccc(Cl)cc2)C1.CN(C)C=O.O=CN1CCCC1. The zero-order valence-corrected chi connectivity index (χ0v) is 18.8. The van der Waals surface area contributed by atoms with Gasteiger partial charge in [0.1, 0.15) is 0 Å². The number of carbonyl (C=O) groups excluding carboxylic acids is 2. The number of halogens is 1. The van der Waals surface area contributed by atoms with Crippen LogP contribution in [-0.2, 0) is 9.59 Å². The molecule has 3 rings (SSSR count). The molecule has 6 heteroatoms. The molecule has 2 saturated heterocycles. The molecule has 1 aromatic carbocycles. The van der Waals surface area contributed by atoms with Crippen molar-refractivity contribution < 1.29 is 9.59 Å². The van der Waals surface area contributed by atoms with Gasteiger partial charge in [-0.25, -0.2) is 0 Å². The number of benzene rings is 1. The molecular formula is C22H36ClN3O2. The lowest BCUT2D eigenvalue weighted by Gasteiger charge is -2.31. The molecule has 28 heavy (non-hydrogen) atoms. The lowest BCUT2D eigenvalue weighted by Crippen LogP contribution is -2.39. The molecule has 5 nitrogen and oxygen atoms in total. The quantitative estimate of drug-likeness (QED) is 0.712. The smallest absolute Gasteiger partial charge is 0.209 e. The molecule has 2 fully saturated rings. The molecule has 2 heterocycles. The van der Waals surface area contributed by atoms with Gasteiger partial charge in [-0.1, -0.05) is 23.7 Å². The summed E-state index contributed by atoms with van der Waals surface area (Å²) in [7, 11) is 3.38. The Hall–Kier alpha value is -1.59. The predicted molar refractivity (Wildman–Crippen MR) is 117 cm³/mol. The maximum Gasteiger partial charge on any atom is 0.209 e. The van der Waals surface area contributed by atoms with Crippen LogP contribution in [-0.4, -0.2) is 73.3 Å². The topological polar surface area (TPSA) is 43.9 Å². The maximum atomic E-state index is 9.93. The molecule has 1 aromatic rings. The zero-order chi connectivity index (χ0) is 21.2. The first-order chi connectivity index (χ1) is 13.2. The van der Waals surface area contributed by atoms with Crippen molar-refractivity contribution in [3.8, 4) is 0 Å². The highest BCUT2D eigenvalue weighted by atomic mass is 35.5. The lowest BCUT2D eigenvalue weighted by atomic mass is 9.98. The van der Waals surface area contributed by atoms with Gasteiger partial charge in [-0.15, -0.1) is 0 Å². The molecule has 0 N–H and O–H groups in total. The normalized spacial score (nSPS) is 19.2. The zero-order valence-electron chi connectivity index (χ0n) is 18.0. The van der Waals surface area contributed by atoms with Gasteiger partial charge in [0.05, 0.1) is 0 Å². The summed E-state index contributed by atoms with van der Waals surface area (Å²) < 4.78 is 0. The number of hydrogen-bond acceptors (Lipinski definition) is 3. The molecule has 1 atom stereocenters. The molecule has 0 bridgehead atoms. The van der Waals surface area contributed by atoms with Crippen molar-refractivity contribution in [1.29, 1.82) is 0 Å². The minimum absolute atomic E-state index is 0.293. The first kappa shape index (κ1) is 24.4. The molecule has 0 saturated carbocycles. The number of hydrogen-bond donors (Lipinski definition) is 0. The number of rotatable bonds is 3. The number of amides is 2. The van der Waals surface area contributed by atoms with Gasteiger partial charge in [-0.05, 0) is 70.2 Å².